The summed E-state index contributed by atoms with van der Waals surface area (Å²) in [5, 5.41) is 1.33. The zero-order valence-electron chi connectivity index (χ0n) is 21.1. The van der Waals surface area contributed by atoms with Crippen LogP contribution < -0.4 is 14.2 Å². The number of methoxy groups -OCH3 is 2. The third-order valence-electron chi connectivity index (χ3n) is 5.73. The molecule has 37 heavy (non-hydrogen) atoms. The lowest BCUT2D eigenvalue weighted by atomic mass is 9.98. The van der Waals surface area contributed by atoms with Crippen molar-refractivity contribution in [3.63, 3.8) is 0 Å². The highest BCUT2D eigenvalue weighted by Crippen LogP contribution is 2.42. The monoisotopic (exact) mass is 517 g/mol. The average Bonchev–Trinajstić information content (AvgIpc) is 3.29. The van der Waals surface area contributed by atoms with Crippen LogP contribution in [0, 0.1) is 0 Å². The first-order chi connectivity index (χ1) is 17.6. The van der Waals surface area contributed by atoms with Crippen molar-refractivity contribution >= 4 is 39.9 Å². The van der Waals surface area contributed by atoms with Gasteiger partial charge in [0.05, 0.1) is 32.0 Å². The van der Waals surface area contributed by atoms with Crippen molar-refractivity contribution in [1.29, 1.82) is 0 Å². The summed E-state index contributed by atoms with van der Waals surface area (Å²) < 4.78 is 45.0. The Balaban J connectivity index is 1.78. The summed E-state index contributed by atoms with van der Waals surface area (Å²) in [6, 6.07) is 5.09. The van der Waals surface area contributed by atoms with E-state index >= 15 is 0 Å². The Morgan fingerprint density at radius 2 is 1.43 bits per heavy atom. The number of fused-ring (bicyclic) bond motifs is 2. The lowest BCUT2D eigenvalue weighted by molar-refractivity contribution is -0.280. The molecule has 1 fully saturated rings. The van der Waals surface area contributed by atoms with Crippen LogP contribution in [0.4, 0.5) is 0 Å². The van der Waals surface area contributed by atoms with E-state index in [0.29, 0.717) is 27.8 Å². The van der Waals surface area contributed by atoms with E-state index in [1.165, 1.54) is 41.3 Å². The van der Waals surface area contributed by atoms with E-state index in [9.17, 15) is 14.4 Å². The van der Waals surface area contributed by atoms with Gasteiger partial charge >= 0.3 is 17.9 Å². The van der Waals surface area contributed by atoms with Crippen LogP contribution in [0.5, 0.6) is 17.2 Å². The smallest absolute Gasteiger partial charge is 0.303 e. The molecule has 0 N–H and O–H groups in total. The second-order valence-electron chi connectivity index (χ2n) is 8.33. The Kier molecular flexibility index (Phi) is 7.39. The highest BCUT2D eigenvalue weighted by molar-refractivity contribution is 6.02. The Bertz CT molecular complexity index is 1330. The molecule has 0 aliphatic carbocycles. The molecule has 5 atom stereocenters. The van der Waals surface area contributed by atoms with Gasteiger partial charge in [0, 0.05) is 26.2 Å². The number of nitrogens with zero attached hydrogens (tertiary/aromatic N) is 1. The Labute approximate surface area is 211 Å². The molecule has 2 aromatic heterocycles. The van der Waals surface area contributed by atoms with Crippen molar-refractivity contribution in [3.05, 3.63) is 24.5 Å². The predicted molar refractivity (Wildman–Crippen MR) is 126 cm³/mol. The lowest BCUT2D eigenvalue weighted by Crippen LogP contribution is -2.62. The number of aromatic nitrogens is 1. The first-order valence-electron chi connectivity index (χ1n) is 11.4. The molecule has 0 radical (unpaired) electrons. The van der Waals surface area contributed by atoms with Crippen molar-refractivity contribution in [3.8, 4) is 17.2 Å². The molecule has 1 saturated heterocycles. The zero-order chi connectivity index (χ0) is 26.9. The molecule has 12 heteroatoms. The predicted octanol–water partition coefficient (Wildman–Crippen LogP) is 2.92. The summed E-state index contributed by atoms with van der Waals surface area (Å²) in [6.07, 6.45) is -4.10. The second kappa shape index (κ2) is 10.5. The maximum Gasteiger partial charge on any atom is 0.303 e. The van der Waals surface area contributed by atoms with Crippen LogP contribution in [0.2, 0.25) is 0 Å². The van der Waals surface area contributed by atoms with E-state index in [2.05, 4.69) is 4.98 Å². The van der Waals surface area contributed by atoms with Gasteiger partial charge in [-0.1, -0.05) is 0 Å². The Hall–Kier alpha value is -4.06. The molecule has 3 heterocycles. The van der Waals surface area contributed by atoms with Gasteiger partial charge < -0.3 is 37.6 Å². The fraction of sp³-hybridized carbons (Fsp3) is 0.440. The fourth-order valence-electron chi connectivity index (χ4n) is 4.35. The molecule has 0 bridgehead atoms. The first kappa shape index (κ1) is 26.0. The summed E-state index contributed by atoms with van der Waals surface area (Å²) in [6.45, 7) is 5.19. The summed E-state index contributed by atoms with van der Waals surface area (Å²) >= 11 is 0. The second-order valence-corrected chi connectivity index (χ2v) is 8.33. The van der Waals surface area contributed by atoms with Crippen molar-refractivity contribution in [2.75, 3.05) is 14.2 Å². The van der Waals surface area contributed by atoms with Gasteiger partial charge in [0.2, 0.25) is 18.1 Å². The van der Waals surface area contributed by atoms with Crippen molar-refractivity contribution in [2.24, 2.45) is 0 Å². The van der Waals surface area contributed by atoms with Crippen LogP contribution in [-0.4, -0.2) is 67.8 Å². The number of pyridine rings is 1. The summed E-state index contributed by atoms with van der Waals surface area (Å²) in [4.78, 5) is 40.2. The van der Waals surface area contributed by atoms with Gasteiger partial charge in [-0.2, -0.15) is 0 Å². The number of carbonyl (C=O) groups excluding carboxylic acids is 3. The van der Waals surface area contributed by atoms with Gasteiger partial charge in [-0.25, -0.2) is 4.98 Å². The van der Waals surface area contributed by atoms with Gasteiger partial charge in [0.15, 0.2) is 23.7 Å². The van der Waals surface area contributed by atoms with Crippen LogP contribution >= 0.6 is 0 Å². The molecule has 1 aromatic carbocycles. The van der Waals surface area contributed by atoms with E-state index < -0.39 is 48.6 Å². The van der Waals surface area contributed by atoms with Gasteiger partial charge in [-0.15, -0.1) is 0 Å². The van der Waals surface area contributed by atoms with E-state index in [-0.39, 0.29) is 11.5 Å². The number of esters is 3. The largest absolute Gasteiger partial charge is 0.495 e. The Morgan fingerprint density at radius 3 is 2.05 bits per heavy atom. The number of benzene rings is 1. The summed E-state index contributed by atoms with van der Waals surface area (Å²) in [5.41, 5.74) is 0.723. The summed E-state index contributed by atoms with van der Waals surface area (Å²) in [5.74, 6) is -1.02. The van der Waals surface area contributed by atoms with Gasteiger partial charge in [0.1, 0.15) is 11.3 Å². The van der Waals surface area contributed by atoms with E-state index in [0.717, 1.165) is 0 Å². The number of ether oxygens (including phenoxy) is 7. The maximum atomic E-state index is 12.0. The van der Waals surface area contributed by atoms with Gasteiger partial charge in [-0.05, 0) is 25.1 Å². The normalized spacial score (nSPS) is 23.4. The van der Waals surface area contributed by atoms with Crippen molar-refractivity contribution in [2.45, 2.75) is 58.4 Å². The molecule has 0 unspecified atom stereocenters. The molecule has 12 nitrogen and oxygen atoms in total. The van der Waals surface area contributed by atoms with Crippen molar-refractivity contribution in [1.82, 2.24) is 4.98 Å². The van der Waals surface area contributed by atoms with Crippen LogP contribution in [0.3, 0.4) is 0 Å². The van der Waals surface area contributed by atoms with Crippen LogP contribution in [0.1, 0.15) is 27.7 Å². The number of rotatable bonds is 7. The number of furan rings is 1. The summed E-state index contributed by atoms with van der Waals surface area (Å²) in [7, 11) is 2.97. The third-order valence-corrected chi connectivity index (χ3v) is 5.73. The van der Waals surface area contributed by atoms with Gasteiger partial charge in [0.25, 0.3) is 0 Å². The highest BCUT2D eigenvalue weighted by Gasteiger charge is 2.51. The van der Waals surface area contributed by atoms with Crippen molar-refractivity contribution < 1.29 is 52.0 Å². The number of hydrogen-bond donors (Lipinski definition) is 0. The molecular weight excluding hydrogens is 490 g/mol. The van der Waals surface area contributed by atoms with Crippen LogP contribution in [0.25, 0.3) is 22.0 Å². The van der Waals surface area contributed by atoms with E-state index in [1.807, 2.05) is 0 Å². The highest BCUT2D eigenvalue weighted by atomic mass is 16.7. The zero-order valence-corrected chi connectivity index (χ0v) is 21.1. The minimum atomic E-state index is -1.28. The standard InChI is InChI=1S/C25H27NO11/c1-11-19(34-12(2)27)22(35-13(3)28)23(36-14(4)29)25(33-11)37-17-8-7-15-18(21(17)31-6)26-24-16(9-10-32-24)20(15)30-5/h7-11,19,22-23,25H,1-6H3/t11-,19+,22-,23+,25+/m1/s1. The molecule has 0 saturated carbocycles. The minimum Gasteiger partial charge on any atom is -0.495 e. The van der Waals surface area contributed by atoms with Crippen LogP contribution in [-0.2, 0) is 33.3 Å². The molecule has 4 rings (SSSR count). The molecule has 0 spiro atoms. The quantitative estimate of drug-likeness (QED) is 0.336. The van der Waals surface area contributed by atoms with Gasteiger partial charge in [-0.3, -0.25) is 14.4 Å². The van der Waals surface area contributed by atoms with E-state index in [4.69, 9.17) is 37.6 Å². The average molecular weight is 517 g/mol. The Morgan fingerprint density at radius 1 is 0.811 bits per heavy atom. The molecule has 1 aliphatic rings. The SMILES string of the molecule is COc1c2ccoc2nc2c(OC)c(O[C@@H]3O[C@H](C)[C@H](OC(C)=O)[C@@H](OC(C)=O)[C@@H]3OC(C)=O)ccc12. The fourth-order valence-corrected chi connectivity index (χ4v) is 4.35. The number of hydrogen-bond acceptors (Lipinski definition) is 12. The minimum absolute atomic E-state index is 0.192. The molecular formula is C25H27NO11. The maximum absolute atomic E-state index is 12.0. The molecule has 3 aromatic rings. The number of carbonyl (C=O) groups is 3. The molecule has 0 amide bonds. The third kappa shape index (κ3) is 5.10. The van der Waals surface area contributed by atoms with E-state index in [1.54, 1.807) is 25.1 Å². The topological polar surface area (TPSA) is 142 Å². The molecule has 198 valence electrons. The van der Waals surface area contributed by atoms with Crippen LogP contribution in [0.15, 0.2) is 28.9 Å². The lowest BCUT2D eigenvalue weighted by Gasteiger charge is -2.43. The first-order valence-corrected chi connectivity index (χ1v) is 11.4. The molecule has 1 aliphatic heterocycles.